The molecular weight excluding hydrogens is 596 g/mol. The first-order valence-electron chi connectivity index (χ1n) is 18.3. The van der Waals surface area contributed by atoms with Crippen molar-refractivity contribution in [3.05, 3.63) is 41.5 Å². The lowest BCUT2D eigenvalue weighted by molar-refractivity contribution is -0.358. The molecule has 6 nitrogen and oxygen atoms in total. The number of aliphatic hydroxyl groups is 2. The summed E-state index contributed by atoms with van der Waals surface area (Å²) in [5, 5.41) is 25.6. The highest BCUT2D eigenvalue weighted by atomic mass is 32.2. The minimum atomic E-state index is -0.871. The van der Waals surface area contributed by atoms with E-state index in [4.69, 9.17) is 18.9 Å². The zero-order chi connectivity index (χ0) is 32.0. The lowest BCUT2D eigenvalue weighted by atomic mass is 9.36. The summed E-state index contributed by atoms with van der Waals surface area (Å²) in [5.74, 6) is 0.938. The van der Waals surface area contributed by atoms with E-state index < -0.39 is 17.0 Å². The van der Waals surface area contributed by atoms with Crippen LogP contribution in [0.3, 0.4) is 0 Å². The van der Waals surface area contributed by atoms with Gasteiger partial charge in [0.1, 0.15) is 0 Å². The Balaban J connectivity index is 1.13. The van der Waals surface area contributed by atoms with Crippen molar-refractivity contribution in [2.24, 2.45) is 34.0 Å². The average Bonchev–Trinajstić information content (AvgIpc) is 3.31. The second-order valence-electron chi connectivity index (χ2n) is 17.3. The van der Waals surface area contributed by atoms with Gasteiger partial charge in [0.15, 0.2) is 12.1 Å². The van der Waals surface area contributed by atoms with Gasteiger partial charge < -0.3 is 29.2 Å². The van der Waals surface area contributed by atoms with Crippen LogP contribution in [-0.2, 0) is 25.4 Å². The summed E-state index contributed by atoms with van der Waals surface area (Å²) < 4.78 is 24.9. The van der Waals surface area contributed by atoms with E-state index in [9.17, 15) is 10.2 Å². The molecule has 0 radical (unpaired) electrons. The van der Waals surface area contributed by atoms with E-state index in [-0.39, 0.29) is 22.5 Å². The van der Waals surface area contributed by atoms with Gasteiger partial charge in [0.2, 0.25) is 0 Å². The summed E-state index contributed by atoms with van der Waals surface area (Å²) in [7, 11) is 0. The highest BCUT2D eigenvalue weighted by Crippen LogP contribution is 2.75. The van der Waals surface area contributed by atoms with Crippen molar-refractivity contribution in [1.82, 2.24) is 0 Å². The second kappa shape index (κ2) is 11.3. The van der Waals surface area contributed by atoms with Crippen LogP contribution < -0.4 is 0 Å². The number of hydrogen-bond donors (Lipinski definition) is 2. The van der Waals surface area contributed by atoms with Crippen LogP contribution in [0, 0.1) is 34.0 Å². The van der Waals surface area contributed by atoms with Gasteiger partial charge in [-0.2, -0.15) is 0 Å². The number of ether oxygens (including phenoxy) is 4. The molecule has 2 aliphatic heterocycles. The Labute approximate surface area is 280 Å². The van der Waals surface area contributed by atoms with Crippen LogP contribution in [-0.4, -0.2) is 66.2 Å². The smallest absolute Gasteiger partial charge is 0.171 e. The highest BCUT2D eigenvalue weighted by Gasteiger charge is 2.73. The SMILES string of the molecule is CSc1ccc2c(c1)C[C@]13CCC4(C[C@]1(O)CC[C@@H]1C3C2C[C@@]2(C)[C@H]1CC[C@@]2(O)/C=C\COC1CCCCO1)OCC(C)(C)CO4. The third-order valence-corrected chi connectivity index (χ3v) is 15.0. The Morgan fingerprint density at radius 1 is 1.00 bits per heavy atom. The largest absolute Gasteiger partial charge is 0.389 e. The second-order valence-corrected chi connectivity index (χ2v) is 18.2. The molecule has 2 N–H and O–H groups in total. The summed E-state index contributed by atoms with van der Waals surface area (Å²) in [6.45, 7) is 9.39. The van der Waals surface area contributed by atoms with Crippen molar-refractivity contribution in [3.8, 4) is 0 Å². The first kappa shape index (κ1) is 32.3. The first-order chi connectivity index (χ1) is 21.9. The molecule has 2 spiro atoms. The van der Waals surface area contributed by atoms with Crippen molar-refractivity contribution in [2.75, 3.05) is 32.7 Å². The van der Waals surface area contributed by atoms with Crippen molar-refractivity contribution in [3.63, 3.8) is 0 Å². The third-order valence-electron chi connectivity index (χ3n) is 14.3. The van der Waals surface area contributed by atoms with Crippen LogP contribution in [0.2, 0.25) is 0 Å². The Morgan fingerprint density at radius 3 is 2.59 bits per heavy atom. The van der Waals surface area contributed by atoms with Crippen molar-refractivity contribution in [1.29, 1.82) is 0 Å². The Kier molecular flexibility index (Phi) is 7.93. The maximum atomic E-state index is 13.0. The number of thioether (sulfide) groups is 1. The topological polar surface area (TPSA) is 77.4 Å². The number of hydrogen-bond acceptors (Lipinski definition) is 7. The van der Waals surface area contributed by atoms with Crippen molar-refractivity contribution in [2.45, 2.75) is 132 Å². The molecule has 1 aromatic rings. The molecule has 9 atom stereocenters. The fourth-order valence-corrected chi connectivity index (χ4v) is 12.4. The summed E-state index contributed by atoms with van der Waals surface area (Å²) in [6.07, 6.45) is 17.2. The molecule has 3 unspecified atom stereocenters. The molecule has 0 amide bonds. The molecule has 6 fully saturated rings. The maximum Gasteiger partial charge on any atom is 0.171 e. The van der Waals surface area contributed by atoms with E-state index in [2.05, 4.69) is 57.4 Å². The van der Waals surface area contributed by atoms with Gasteiger partial charge in [-0.25, -0.2) is 0 Å². The Hall–Kier alpha value is -0.930. The third kappa shape index (κ3) is 4.87. The summed E-state index contributed by atoms with van der Waals surface area (Å²) in [6, 6.07) is 7.11. The summed E-state index contributed by atoms with van der Waals surface area (Å²) in [5.41, 5.74) is 0.727. The van der Waals surface area contributed by atoms with E-state index in [1.54, 1.807) is 11.8 Å². The van der Waals surface area contributed by atoms with Gasteiger partial charge in [-0.1, -0.05) is 39.0 Å². The number of rotatable bonds is 5. The van der Waals surface area contributed by atoms with Crippen LogP contribution in [0.4, 0.5) is 0 Å². The molecule has 7 heteroatoms. The summed E-state index contributed by atoms with van der Waals surface area (Å²) in [4.78, 5) is 1.29. The van der Waals surface area contributed by atoms with Gasteiger partial charge in [0.05, 0.1) is 31.0 Å². The van der Waals surface area contributed by atoms with Crippen LogP contribution in [0.5, 0.6) is 0 Å². The van der Waals surface area contributed by atoms with E-state index in [1.807, 2.05) is 0 Å². The van der Waals surface area contributed by atoms with Gasteiger partial charge in [0, 0.05) is 40.6 Å². The molecule has 5 aliphatic carbocycles. The summed E-state index contributed by atoms with van der Waals surface area (Å²) >= 11 is 1.80. The molecule has 0 bridgehead atoms. The zero-order valence-corrected chi connectivity index (χ0v) is 29.3. The minimum Gasteiger partial charge on any atom is -0.389 e. The van der Waals surface area contributed by atoms with Crippen LogP contribution in [0.1, 0.15) is 108 Å². The first-order valence-corrected chi connectivity index (χ1v) is 19.5. The quantitative estimate of drug-likeness (QED) is 0.254. The zero-order valence-electron chi connectivity index (χ0n) is 28.5. The molecule has 8 rings (SSSR count). The van der Waals surface area contributed by atoms with Gasteiger partial charge >= 0.3 is 0 Å². The average molecular weight is 653 g/mol. The van der Waals surface area contributed by atoms with Crippen molar-refractivity contribution >= 4 is 11.8 Å². The maximum absolute atomic E-state index is 13.0. The Bertz CT molecular complexity index is 1350. The molecule has 7 aliphatic rings. The fraction of sp³-hybridized carbons (Fsp3) is 0.795. The van der Waals surface area contributed by atoms with Crippen LogP contribution >= 0.6 is 11.8 Å². The molecule has 1 aromatic carbocycles. The highest BCUT2D eigenvalue weighted by molar-refractivity contribution is 7.98. The van der Waals surface area contributed by atoms with E-state index in [1.165, 1.54) is 16.0 Å². The van der Waals surface area contributed by atoms with Gasteiger partial charge in [-0.15, -0.1) is 11.8 Å². The molecule has 2 saturated heterocycles. The number of benzene rings is 1. The molecule has 46 heavy (non-hydrogen) atoms. The minimum absolute atomic E-state index is 0.00106. The lowest BCUT2D eigenvalue weighted by Gasteiger charge is -2.70. The van der Waals surface area contributed by atoms with Crippen LogP contribution in [0.25, 0.3) is 0 Å². The van der Waals surface area contributed by atoms with E-state index in [0.29, 0.717) is 49.9 Å². The predicted octanol–water partition coefficient (Wildman–Crippen LogP) is 7.40. The standard InChI is InChI=1S/C39H56O6S/c1-34(2)24-44-39(45-25-34)17-16-36-21-26-20-27(46-4)9-10-28(26)30-22-35(3)31(29(33(30)36)11-14-38(36,41)23-39)12-15-37(35,40)13-7-19-43-32-8-5-6-18-42-32/h7,9-10,13,20,29-33,40-41H,5-6,8,11-12,14-19,21-25H2,1-4H3/b13-7-/t29-,30?,31-,32?,33?,35-,36-,37-,38+/m0/s1. The van der Waals surface area contributed by atoms with Gasteiger partial charge in [0.25, 0.3) is 0 Å². The molecule has 4 saturated carbocycles. The molecule has 254 valence electrons. The van der Waals surface area contributed by atoms with Gasteiger partial charge in [-0.3, -0.25) is 0 Å². The van der Waals surface area contributed by atoms with Crippen LogP contribution in [0.15, 0.2) is 35.2 Å². The van der Waals surface area contributed by atoms with Crippen molar-refractivity contribution < 1.29 is 29.2 Å². The Morgan fingerprint density at radius 2 is 1.83 bits per heavy atom. The monoisotopic (exact) mass is 652 g/mol. The fourth-order valence-electron chi connectivity index (χ4n) is 11.9. The molecule has 0 aromatic heterocycles. The van der Waals surface area contributed by atoms with Gasteiger partial charge in [-0.05, 0) is 117 Å². The molecular formula is C39H56O6S. The molecule has 2 heterocycles. The number of fused-ring (bicyclic) bond motifs is 4. The normalized spacial score (nSPS) is 45.6. The van der Waals surface area contributed by atoms with E-state index >= 15 is 0 Å². The predicted molar refractivity (Wildman–Crippen MR) is 180 cm³/mol. The lowest BCUT2D eigenvalue weighted by Crippen LogP contribution is -2.70. The van der Waals surface area contributed by atoms with E-state index in [0.717, 1.165) is 77.2 Å².